The van der Waals surface area contributed by atoms with Crippen LogP contribution in [0.3, 0.4) is 0 Å². The molecule has 1 amide bonds. The Morgan fingerprint density at radius 2 is 2.00 bits per heavy atom. The Morgan fingerprint density at radius 3 is 2.71 bits per heavy atom. The third-order valence-corrected chi connectivity index (χ3v) is 5.93. The van der Waals surface area contributed by atoms with E-state index < -0.39 is 6.10 Å². The van der Waals surface area contributed by atoms with Crippen LogP contribution in [0.4, 0.5) is 0 Å². The fraction of sp³-hybridized carbons (Fsp3) is 0.500. The molecule has 2 heterocycles. The van der Waals surface area contributed by atoms with E-state index in [-0.39, 0.29) is 18.5 Å². The van der Waals surface area contributed by atoms with Crippen molar-refractivity contribution in [3.8, 4) is 0 Å². The quantitative estimate of drug-likeness (QED) is 0.864. The highest BCUT2D eigenvalue weighted by Gasteiger charge is 2.24. The van der Waals surface area contributed by atoms with E-state index in [4.69, 9.17) is 0 Å². The Bertz CT molecular complexity index is 661. The van der Waals surface area contributed by atoms with Gasteiger partial charge in [0.2, 0.25) is 5.91 Å². The van der Waals surface area contributed by atoms with Gasteiger partial charge < -0.3 is 15.3 Å². The van der Waals surface area contributed by atoms with Gasteiger partial charge in [-0.15, -0.1) is 11.3 Å². The standard InChI is InChI=1S/C18H25N3O2S/c1-13(21-9-7-20(2)8-10-21)18(23)19-12-15(22)17-11-14-5-3-4-6-16(14)24-17/h3-6,11,13,15,22H,7-10,12H2,1-2H3,(H,19,23). The molecule has 3 rings (SSSR count). The van der Waals surface area contributed by atoms with E-state index in [1.807, 2.05) is 37.3 Å². The highest BCUT2D eigenvalue weighted by Crippen LogP contribution is 2.29. The van der Waals surface area contributed by atoms with Crippen molar-refractivity contribution in [1.82, 2.24) is 15.1 Å². The van der Waals surface area contributed by atoms with Gasteiger partial charge in [0.05, 0.1) is 6.04 Å². The molecular formula is C18H25N3O2S. The summed E-state index contributed by atoms with van der Waals surface area (Å²) in [5.41, 5.74) is 0. The summed E-state index contributed by atoms with van der Waals surface area (Å²) in [7, 11) is 2.10. The summed E-state index contributed by atoms with van der Waals surface area (Å²) in [6.45, 7) is 5.98. The van der Waals surface area contributed by atoms with Gasteiger partial charge in [-0.3, -0.25) is 9.69 Å². The van der Waals surface area contributed by atoms with Crippen LogP contribution < -0.4 is 5.32 Å². The SMILES string of the molecule is CC(C(=O)NCC(O)c1cc2ccccc2s1)N1CCN(C)CC1. The molecule has 1 aromatic heterocycles. The molecular weight excluding hydrogens is 322 g/mol. The van der Waals surface area contributed by atoms with Crippen LogP contribution in [0.5, 0.6) is 0 Å². The maximum absolute atomic E-state index is 12.4. The molecule has 2 N–H and O–H groups in total. The van der Waals surface area contributed by atoms with Crippen molar-refractivity contribution in [3.05, 3.63) is 35.2 Å². The van der Waals surface area contributed by atoms with Gasteiger partial charge in [-0.05, 0) is 31.5 Å². The third-order valence-electron chi connectivity index (χ3n) is 4.71. The first-order chi connectivity index (χ1) is 11.5. The van der Waals surface area contributed by atoms with Crippen molar-refractivity contribution in [2.45, 2.75) is 19.1 Å². The molecule has 0 aliphatic carbocycles. The number of piperazine rings is 1. The second kappa shape index (κ2) is 7.61. The van der Waals surface area contributed by atoms with Crippen LogP contribution in [-0.4, -0.2) is 66.6 Å². The smallest absolute Gasteiger partial charge is 0.237 e. The minimum Gasteiger partial charge on any atom is -0.386 e. The molecule has 2 unspecified atom stereocenters. The van der Waals surface area contributed by atoms with Crippen molar-refractivity contribution in [3.63, 3.8) is 0 Å². The second-order valence-electron chi connectivity index (χ2n) is 6.46. The summed E-state index contributed by atoms with van der Waals surface area (Å²) in [4.78, 5) is 17.7. The molecule has 2 aromatic rings. The summed E-state index contributed by atoms with van der Waals surface area (Å²) in [6.07, 6.45) is -0.661. The zero-order valence-electron chi connectivity index (χ0n) is 14.2. The maximum Gasteiger partial charge on any atom is 0.237 e. The number of fused-ring (bicyclic) bond motifs is 1. The highest BCUT2D eigenvalue weighted by molar-refractivity contribution is 7.19. The molecule has 130 valence electrons. The molecule has 0 radical (unpaired) electrons. The fourth-order valence-electron chi connectivity index (χ4n) is 2.99. The molecule has 1 aromatic carbocycles. The summed E-state index contributed by atoms with van der Waals surface area (Å²) in [5, 5.41) is 14.4. The zero-order chi connectivity index (χ0) is 17.1. The Balaban J connectivity index is 1.53. The Hall–Kier alpha value is -1.47. The lowest BCUT2D eigenvalue weighted by molar-refractivity contribution is -0.127. The van der Waals surface area contributed by atoms with E-state index >= 15 is 0 Å². The van der Waals surface area contributed by atoms with Crippen molar-refractivity contribution in [2.24, 2.45) is 0 Å². The van der Waals surface area contributed by atoms with Crippen LogP contribution in [0.15, 0.2) is 30.3 Å². The number of aliphatic hydroxyl groups is 1. The van der Waals surface area contributed by atoms with Crippen LogP contribution in [0.25, 0.3) is 10.1 Å². The summed E-state index contributed by atoms with van der Waals surface area (Å²) in [6, 6.07) is 9.91. The molecule has 2 atom stereocenters. The average Bonchev–Trinajstić information content (AvgIpc) is 3.03. The first-order valence-corrected chi connectivity index (χ1v) is 9.23. The van der Waals surface area contributed by atoms with Gasteiger partial charge in [0.15, 0.2) is 0 Å². The lowest BCUT2D eigenvalue weighted by Crippen LogP contribution is -2.53. The van der Waals surface area contributed by atoms with Crippen LogP contribution in [-0.2, 0) is 4.79 Å². The number of carbonyl (C=O) groups is 1. The maximum atomic E-state index is 12.4. The summed E-state index contributed by atoms with van der Waals surface area (Å²) < 4.78 is 1.16. The second-order valence-corrected chi connectivity index (χ2v) is 7.58. The molecule has 1 fully saturated rings. The van der Waals surface area contributed by atoms with E-state index in [2.05, 4.69) is 22.2 Å². The van der Waals surface area contributed by atoms with Crippen LogP contribution in [0.2, 0.25) is 0 Å². The number of aliphatic hydroxyl groups excluding tert-OH is 1. The summed E-state index contributed by atoms with van der Waals surface area (Å²) >= 11 is 1.58. The lowest BCUT2D eigenvalue weighted by atomic mass is 10.2. The Kier molecular flexibility index (Phi) is 5.50. The number of hydrogen-bond acceptors (Lipinski definition) is 5. The monoisotopic (exact) mass is 347 g/mol. The molecule has 0 bridgehead atoms. The van der Waals surface area contributed by atoms with Gasteiger partial charge in [-0.2, -0.15) is 0 Å². The van der Waals surface area contributed by atoms with Crippen molar-refractivity contribution < 1.29 is 9.90 Å². The topological polar surface area (TPSA) is 55.8 Å². The van der Waals surface area contributed by atoms with Crippen LogP contribution >= 0.6 is 11.3 Å². The first kappa shape index (κ1) is 17.4. The van der Waals surface area contributed by atoms with E-state index in [0.717, 1.165) is 41.1 Å². The number of benzene rings is 1. The summed E-state index contributed by atoms with van der Waals surface area (Å²) in [5.74, 6) is -0.0142. The Labute approximate surface area is 146 Å². The molecule has 0 spiro atoms. The number of thiophene rings is 1. The van der Waals surface area contributed by atoms with Gasteiger partial charge in [0.1, 0.15) is 6.10 Å². The lowest BCUT2D eigenvalue weighted by Gasteiger charge is -2.35. The zero-order valence-corrected chi connectivity index (χ0v) is 15.1. The molecule has 6 heteroatoms. The number of hydrogen-bond donors (Lipinski definition) is 2. The van der Waals surface area contributed by atoms with E-state index in [1.54, 1.807) is 11.3 Å². The van der Waals surface area contributed by atoms with Crippen molar-refractivity contribution in [2.75, 3.05) is 39.8 Å². The Morgan fingerprint density at radius 1 is 1.29 bits per heavy atom. The predicted octanol–water partition coefficient (Wildman–Crippen LogP) is 1.69. The number of amides is 1. The minimum absolute atomic E-state index is 0.0142. The van der Waals surface area contributed by atoms with Crippen molar-refractivity contribution >= 4 is 27.3 Å². The minimum atomic E-state index is -0.661. The van der Waals surface area contributed by atoms with E-state index in [9.17, 15) is 9.90 Å². The molecule has 5 nitrogen and oxygen atoms in total. The molecule has 24 heavy (non-hydrogen) atoms. The van der Waals surface area contributed by atoms with Crippen LogP contribution in [0.1, 0.15) is 17.9 Å². The number of rotatable bonds is 5. The van der Waals surface area contributed by atoms with Gasteiger partial charge in [-0.1, -0.05) is 18.2 Å². The number of likely N-dealkylation sites (N-methyl/N-ethyl adjacent to an activating group) is 1. The van der Waals surface area contributed by atoms with Crippen molar-refractivity contribution in [1.29, 1.82) is 0 Å². The van der Waals surface area contributed by atoms with Gasteiger partial charge in [0, 0.05) is 42.3 Å². The van der Waals surface area contributed by atoms with Gasteiger partial charge in [-0.25, -0.2) is 0 Å². The fourth-order valence-corrected chi connectivity index (χ4v) is 4.04. The van der Waals surface area contributed by atoms with E-state index in [0.29, 0.717) is 0 Å². The predicted molar refractivity (Wildman–Crippen MR) is 98.3 cm³/mol. The molecule has 0 saturated carbocycles. The van der Waals surface area contributed by atoms with Gasteiger partial charge >= 0.3 is 0 Å². The number of nitrogens with zero attached hydrogens (tertiary/aromatic N) is 2. The number of carbonyl (C=O) groups excluding carboxylic acids is 1. The normalized spacial score (nSPS) is 19.3. The number of nitrogens with one attached hydrogen (secondary N) is 1. The molecule has 1 saturated heterocycles. The molecule has 1 aliphatic rings. The van der Waals surface area contributed by atoms with Crippen LogP contribution in [0, 0.1) is 0 Å². The van der Waals surface area contributed by atoms with Gasteiger partial charge in [0.25, 0.3) is 0 Å². The first-order valence-electron chi connectivity index (χ1n) is 8.41. The van der Waals surface area contributed by atoms with E-state index in [1.165, 1.54) is 0 Å². The average molecular weight is 347 g/mol. The highest BCUT2D eigenvalue weighted by atomic mass is 32.1. The molecule has 1 aliphatic heterocycles. The third kappa shape index (κ3) is 3.95. The largest absolute Gasteiger partial charge is 0.386 e.